The molecule has 0 saturated carbocycles. The van der Waals surface area contributed by atoms with Gasteiger partial charge in [-0.1, -0.05) is 11.6 Å². The van der Waals surface area contributed by atoms with Crippen LogP contribution in [0.1, 0.15) is 23.7 Å². The number of aromatic nitrogens is 1. The van der Waals surface area contributed by atoms with Crippen molar-refractivity contribution in [1.29, 1.82) is 0 Å². The van der Waals surface area contributed by atoms with Gasteiger partial charge in [-0.25, -0.2) is 8.42 Å². The molecular formula is C12H15ClN2O3S. The lowest BCUT2D eigenvalue weighted by atomic mass is 10.2. The minimum Gasteiger partial charge on any atom is -0.338 e. The Morgan fingerprint density at radius 3 is 2.89 bits per heavy atom. The molecule has 1 aliphatic rings. The SMILES string of the molecule is CC1CCN(C(=O)c2ccncc2Cl)CCS1(=O)=O. The van der Waals surface area contributed by atoms with E-state index in [2.05, 4.69) is 4.98 Å². The van der Waals surface area contributed by atoms with Gasteiger partial charge in [0.05, 0.1) is 21.6 Å². The first-order valence-corrected chi connectivity index (χ1v) is 8.11. The first-order valence-electron chi connectivity index (χ1n) is 6.02. The predicted octanol–water partition coefficient (Wildman–Crippen LogP) is 1.38. The molecule has 2 rings (SSSR count). The molecule has 1 aliphatic heterocycles. The van der Waals surface area contributed by atoms with Crippen molar-refractivity contribution >= 4 is 27.3 Å². The van der Waals surface area contributed by atoms with E-state index in [1.807, 2.05) is 0 Å². The third kappa shape index (κ3) is 3.06. The van der Waals surface area contributed by atoms with Gasteiger partial charge in [-0.2, -0.15) is 0 Å². The van der Waals surface area contributed by atoms with Crippen molar-refractivity contribution < 1.29 is 13.2 Å². The van der Waals surface area contributed by atoms with Crippen LogP contribution < -0.4 is 0 Å². The second-order valence-corrected chi connectivity index (χ2v) is 7.56. The van der Waals surface area contributed by atoms with Crippen LogP contribution in [0.5, 0.6) is 0 Å². The Hall–Kier alpha value is -1.14. The molecule has 0 radical (unpaired) electrons. The molecule has 1 aromatic heterocycles. The largest absolute Gasteiger partial charge is 0.338 e. The van der Waals surface area contributed by atoms with Crippen LogP contribution in [-0.2, 0) is 9.84 Å². The van der Waals surface area contributed by atoms with E-state index in [-0.39, 0.29) is 23.2 Å². The number of amides is 1. The first-order chi connectivity index (χ1) is 8.92. The monoisotopic (exact) mass is 302 g/mol. The molecule has 1 atom stereocenters. The summed E-state index contributed by atoms with van der Waals surface area (Å²) < 4.78 is 23.6. The second-order valence-electron chi connectivity index (χ2n) is 4.61. The van der Waals surface area contributed by atoms with E-state index in [0.717, 1.165) is 0 Å². The Labute approximate surface area is 117 Å². The number of hydrogen-bond donors (Lipinski definition) is 0. The quantitative estimate of drug-likeness (QED) is 0.786. The fourth-order valence-electron chi connectivity index (χ4n) is 1.99. The summed E-state index contributed by atoms with van der Waals surface area (Å²) in [6.45, 7) is 2.32. The molecular weight excluding hydrogens is 288 g/mol. The fraction of sp³-hybridized carbons (Fsp3) is 0.500. The third-order valence-corrected chi connectivity index (χ3v) is 5.87. The van der Waals surface area contributed by atoms with Crippen LogP contribution in [0.2, 0.25) is 5.02 Å². The van der Waals surface area contributed by atoms with Crippen LogP contribution in [0.4, 0.5) is 0 Å². The zero-order valence-corrected chi connectivity index (χ0v) is 12.1. The van der Waals surface area contributed by atoms with Crippen molar-refractivity contribution in [3.63, 3.8) is 0 Å². The second kappa shape index (κ2) is 5.46. The lowest BCUT2D eigenvalue weighted by molar-refractivity contribution is 0.0767. The van der Waals surface area contributed by atoms with Crippen molar-refractivity contribution in [2.45, 2.75) is 18.6 Å². The Morgan fingerprint density at radius 2 is 2.21 bits per heavy atom. The van der Waals surface area contributed by atoms with Gasteiger partial charge in [0.25, 0.3) is 5.91 Å². The maximum atomic E-state index is 12.3. The van der Waals surface area contributed by atoms with Gasteiger partial charge in [-0.05, 0) is 19.4 Å². The van der Waals surface area contributed by atoms with E-state index < -0.39 is 15.1 Å². The van der Waals surface area contributed by atoms with E-state index in [1.165, 1.54) is 12.4 Å². The van der Waals surface area contributed by atoms with E-state index in [9.17, 15) is 13.2 Å². The highest BCUT2D eigenvalue weighted by Gasteiger charge is 2.29. The molecule has 1 saturated heterocycles. The normalized spacial score (nSPS) is 22.8. The van der Waals surface area contributed by atoms with E-state index in [4.69, 9.17) is 11.6 Å². The molecule has 0 N–H and O–H groups in total. The maximum absolute atomic E-state index is 12.3. The van der Waals surface area contributed by atoms with Crippen molar-refractivity contribution in [2.75, 3.05) is 18.8 Å². The molecule has 1 unspecified atom stereocenters. The number of carbonyl (C=O) groups excluding carboxylic acids is 1. The van der Waals surface area contributed by atoms with Gasteiger partial charge in [0.1, 0.15) is 0 Å². The minimum atomic E-state index is -3.10. The summed E-state index contributed by atoms with van der Waals surface area (Å²) in [5, 5.41) is -0.120. The summed E-state index contributed by atoms with van der Waals surface area (Å²) in [4.78, 5) is 17.7. The molecule has 5 nitrogen and oxygen atoms in total. The molecule has 0 aliphatic carbocycles. The zero-order chi connectivity index (χ0) is 14.0. The molecule has 1 fully saturated rings. The molecule has 1 amide bonds. The standard InChI is InChI=1S/C12H15ClN2O3S/c1-9-3-5-15(6-7-19(9,17)18)12(16)10-2-4-14-8-11(10)13/h2,4,8-9H,3,5-7H2,1H3. The number of carbonyl (C=O) groups is 1. The van der Waals surface area contributed by atoms with Crippen molar-refractivity contribution in [2.24, 2.45) is 0 Å². The predicted molar refractivity (Wildman–Crippen MR) is 73.0 cm³/mol. The van der Waals surface area contributed by atoms with Crippen LogP contribution in [0.3, 0.4) is 0 Å². The lowest BCUT2D eigenvalue weighted by Gasteiger charge is -2.20. The van der Waals surface area contributed by atoms with Crippen LogP contribution >= 0.6 is 11.6 Å². The number of nitrogens with zero attached hydrogens (tertiary/aromatic N) is 2. The average Bonchev–Trinajstić information content (AvgIpc) is 2.50. The summed E-state index contributed by atoms with van der Waals surface area (Å²) in [6.07, 6.45) is 3.36. The van der Waals surface area contributed by atoms with E-state index in [1.54, 1.807) is 17.9 Å². The number of pyridine rings is 1. The summed E-state index contributed by atoms with van der Waals surface area (Å²) in [7, 11) is -3.10. The third-order valence-electron chi connectivity index (χ3n) is 3.35. The fourth-order valence-corrected chi connectivity index (χ4v) is 3.53. The minimum absolute atomic E-state index is 0.00259. The summed E-state index contributed by atoms with van der Waals surface area (Å²) in [5.74, 6) is -0.237. The topological polar surface area (TPSA) is 67.3 Å². The van der Waals surface area contributed by atoms with Gasteiger partial charge >= 0.3 is 0 Å². The first kappa shape index (κ1) is 14.3. The number of sulfone groups is 1. The summed E-state index contributed by atoms with van der Waals surface area (Å²) in [5.41, 5.74) is 0.364. The van der Waals surface area contributed by atoms with Gasteiger partial charge in [0.15, 0.2) is 9.84 Å². The highest BCUT2D eigenvalue weighted by atomic mass is 35.5. The molecule has 0 spiro atoms. The highest BCUT2D eigenvalue weighted by molar-refractivity contribution is 7.92. The van der Waals surface area contributed by atoms with Gasteiger partial charge in [-0.15, -0.1) is 0 Å². The van der Waals surface area contributed by atoms with Crippen LogP contribution in [0, 0.1) is 0 Å². The molecule has 0 bridgehead atoms. The molecule has 2 heterocycles. The highest BCUT2D eigenvalue weighted by Crippen LogP contribution is 2.19. The Bertz CT molecular complexity index is 588. The van der Waals surface area contributed by atoms with Gasteiger partial charge < -0.3 is 4.90 Å². The molecule has 7 heteroatoms. The lowest BCUT2D eigenvalue weighted by Crippen LogP contribution is -2.33. The average molecular weight is 303 g/mol. The Kier molecular flexibility index (Phi) is 4.10. The summed E-state index contributed by atoms with van der Waals surface area (Å²) in [6, 6.07) is 1.55. The van der Waals surface area contributed by atoms with E-state index >= 15 is 0 Å². The van der Waals surface area contributed by atoms with Gasteiger partial charge in [-0.3, -0.25) is 9.78 Å². The zero-order valence-electron chi connectivity index (χ0n) is 10.5. The van der Waals surface area contributed by atoms with Crippen molar-refractivity contribution in [3.8, 4) is 0 Å². The van der Waals surface area contributed by atoms with Crippen LogP contribution in [0.15, 0.2) is 18.5 Å². The van der Waals surface area contributed by atoms with Crippen molar-refractivity contribution in [3.05, 3.63) is 29.0 Å². The van der Waals surface area contributed by atoms with Crippen LogP contribution in [-0.4, -0.2) is 48.3 Å². The smallest absolute Gasteiger partial charge is 0.255 e. The molecule has 104 valence electrons. The van der Waals surface area contributed by atoms with Crippen molar-refractivity contribution in [1.82, 2.24) is 9.88 Å². The van der Waals surface area contributed by atoms with Gasteiger partial charge in [0.2, 0.25) is 0 Å². The number of hydrogen-bond acceptors (Lipinski definition) is 4. The maximum Gasteiger partial charge on any atom is 0.255 e. The summed E-state index contributed by atoms with van der Waals surface area (Å²) >= 11 is 5.94. The Morgan fingerprint density at radius 1 is 1.47 bits per heavy atom. The van der Waals surface area contributed by atoms with E-state index in [0.29, 0.717) is 18.5 Å². The number of halogens is 1. The van der Waals surface area contributed by atoms with Crippen LogP contribution in [0.25, 0.3) is 0 Å². The number of rotatable bonds is 1. The molecule has 1 aromatic rings. The molecule has 0 aromatic carbocycles. The molecule has 19 heavy (non-hydrogen) atoms. The van der Waals surface area contributed by atoms with Gasteiger partial charge in [0, 0.05) is 25.5 Å². The Balaban J connectivity index is 2.20.